The first-order valence-corrected chi connectivity index (χ1v) is 9.03. The minimum absolute atomic E-state index is 0.406. The summed E-state index contributed by atoms with van der Waals surface area (Å²) in [5, 5.41) is 1.14. The summed E-state index contributed by atoms with van der Waals surface area (Å²) in [4.78, 5) is 0. The van der Waals surface area contributed by atoms with E-state index in [0.29, 0.717) is 46.3 Å². The third-order valence-corrected chi connectivity index (χ3v) is 5.03. The van der Waals surface area contributed by atoms with Gasteiger partial charge in [-0.25, -0.2) is 0 Å². The smallest absolute Gasteiger partial charge is 0.179 e. The fourth-order valence-corrected chi connectivity index (χ4v) is 3.99. The molecule has 0 N–H and O–H groups in total. The van der Waals surface area contributed by atoms with Gasteiger partial charge in [-0.1, -0.05) is 35.3 Å². The lowest BCUT2D eigenvalue weighted by molar-refractivity contribution is 0.171. The Morgan fingerprint density at radius 3 is 2.59 bits per heavy atom. The lowest BCUT2D eigenvalue weighted by Crippen LogP contribution is -2.16. The second kappa shape index (κ2) is 6.90. The molecular formula is C16H14Cl2O3S. The number of fused-ring (bicyclic) bond motifs is 1. The van der Waals surface area contributed by atoms with Crippen LogP contribution in [0.4, 0.5) is 0 Å². The predicted octanol–water partition coefficient (Wildman–Crippen LogP) is 4.21. The molecule has 1 aliphatic rings. The first-order valence-electron chi connectivity index (χ1n) is 6.79. The Bertz CT molecular complexity index is 719. The number of hydrogen-bond acceptors (Lipinski definition) is 3. The Morgan fingerprint density at radius 2 is 1.77 bits per heavy atom. The molecule has 1 heterocycles. The van der Waals surface area contributed by atoms with E-state index in [0.717, 1.165) is 11.1 Å². The number of halogens is 2. The second-order valence-corrected chi connectivity index (χ2v) is 7.26. The molecule has 0 fully saturated rings. The van der Waals surface area contributed by atoms with Crippen molar-refractivity contribution >= 4 is 34.0 Å². The Hall–Kier alpha value is -1.23. The van der Waals surface area contributed by atoms with Gasteiger partial charge < -0.3 is 9.47 Å². The SMILES string of the molecule is O=S(Cc1cccc(Cl)c1)Cc1cc(Cl)c2c(c1)OCCO2. The van der Waals surface area contributed by atoms with Crippen LogP contribution in [0, 0.1) is 0 Å². The Labute approximate surface area is 141 Å². The third kappa shape index (κ3) is 3.75. The highest BCUT2D eigenvalue weighted by Crippen LogP contribution is 2.38. The van der Waals surface area contributed by atoms with Gasteiger partial charge in [0.25, 0.3) is 0 Å². The molecule has 2 aromatic rings. The highest BCUT2D eigenvalue weighted by molar-refractivity contribution is 7.83. The molecule has 0 bridgehead atoms. The highest BCUT2D eigenvalue weighted by atomic mass is 35.5. The van der Waals surface area contributed by atoms with E-state index in [9.17, 15) is 4.21 Å². The van der Waals surface area contributed by atoms with E-state index >= 15 is 0 Å². The van der Waals surface area contributed by atoms with Crippen LogP contribution < -0.4 is 9.47 Å². The van der Waals surface area contributed by atoms with Crippen LogP contribution in [0.5, 0.6) is 11.5 Å². The van der Waals surface area contributed by atoms with Gasteiger partial charge in [0.15, 0.2) is 11.5 Å². The quantitative estimate of drug-likeness (QED) is 0.822. The standard InChI is InChI=1S/C16H14Cl2O3S/c17-13-3-1-2-11(6-13)9-22(19)10-12-7-14(18)16-15(8-12)20-4-5-21-16/h1-3,6-8H,4-5,9-10H2. The predicted molar refractivity (Wildman–Crippen MR) is 89.4 cm³/mol. The summed E-state index contributed by atoms with van der Waals surface area (Å²) in [7, 11) is -1.05. The average molecular weight is 357 g/mol. The van der Waals surface area contributed by atoms with Crippen LogP contribution in [0.2, 0.25) is 10.0 Å². The maximum absolute atomic E-state index is 12.3. The van der Waals surface area contributed by atoms with E-state index in [4.69, 9.17) is 32.7 Å². The van der Waals surface area contributed by atoms with Gasteiger partial charge in [-0.15, -0.1) is 0 Å². The van der Waals surface area contributed by atoms with Gasteiger partial charge in [0.1, 0.15) is 13.2 Å². The van der Waals surface area contributed by atoms with Gasteiger partial charge in [-0.3, -0.25) is 4.21 Å². The molecule has 0 amide bonds. The van der Waals surface area contributed by atoms with Crippen molar-refractivity contribution < 1.29 is 13.7 Å². The maximum atomic E-state index is 12.3. The van der Waals surface area contributed by atoms with Crippen molar-refractivity contribution in [2.24, 2.45) is 0 Å². The van der Waals surface area contributed by atoms with E-state index in [1.165, 1.54) is 0 Å². The molecule has 0 saturated heterocycles. The largest absolute Gasteiger partial charge is 0.486 e. The van der Waals surface area contributed by atoms with Gasteiger partial charge in [0, 0.05) is 27.3 Å². The van der Waals surface area contributed by atoms with Crippen LogP contribution in [-0.4, -0.2) is 17.4 Å². The van der Waals surface area contributed by atoms with Crippen molar-refractivity contribution in [3.05, 3.63) is 57.6 Å². The summed E-state index contributed by atoms with van der Waals surface area (Å²) in [5.41, 5.74) is 1.82. The van der Waals surface area contributed by atoms with Gasteiger partial charge in [0.05, 0.1) is 5.02 Å². The molecule has 2 aromatic carbocycles. The molecule has 1 aliphatic heterocycles. The maximum Gasteiger partial charge on any atom is 0.179 e. The van der Waals surface area contributed by atoms with E-state index in [-0.39, 0.29) is 0 Å². The molecule has 0 spiro atoms. The first-order chi connectivity index (χ1) is 10.6. The zero-order chi connectivity index (χ0) is 15.5. The average Bonchev–Trinajstić information content (AvgIpc) is 2.47. The van der Waals surface area contributed by atoms with Gasteiger partial charge in [-0.05, 0) is 35.4 Å². The number of hydrogen-bond donors (Lipinski definition) is 0. The number of benzene rings is 2. The van der Waals surface area contributed by atoms with Gasteiger partial charge >= 0.3 is 0 Å². The molecule has 0 aromatic heterocycles. The molecule has 116 valence electrons. The minimum atomic E-state index is -1.05. The van der Waals surface area contributed by atoms with E-state index in [2.05, 4.69) is 0 Å². The van der Waals surface area contributed by atoms with Crippen LogP contribution >= 0.6 is 23.2 Å². The molecule has 0 radical (unpaired) electrons. The lowest BCUT2D eigenvalue weighted by atomic mass is 10.2. The van der Waals surface area contributed by atoms with E-state index in [1.807, 2.05) is 24.3 Å². The van der Waals surface area contributed by atoms with Crippen molar-refractivity contribution in [3.63, 3.8) is 0 Å². The van der Waals surface area contributed by atoms with Crippen molar-refractivity contribution in [1.82, 2.24) is 0 Å². The van der Waals surface area contributed by atoms with Crippen LogP contribution in [0.1, 0.15) is 11.1 Å². The van der Waals surface area contributed by atoms with Gasteiger partial charge in [-0.2, -0.15) is 0 Å². The zero-order valence-corrected chi connectivity index (χ0v) is 14.0. The molecule has 3 nitrogen and oxygen atoms in total. The van der Waals surface area contributed by atoms with Crippen molar-refractivity contribution in [2.45, 2.75) is 11.5 Å². The van der Waals surface area contributed by atoms with Crippen molar-refractivity contribution in [2.75, 3.05) is 13.2 Å². The second-order valence-electron chi connectivity index (χ2n) is 4.96. The first kappa shape index (κ1) is 15.7. The topological polar surface area (TPSA) is 35.5 Å². The molecule has 22 heavy (non-hydrogen) atoms. The minimum Gasteiger partial charge on any atom is -0.486 e. The molecule has 1 unspecified atom stereocenters. The Morgan fingerprint density at radius 1 is 1.00 bits per heavy atom. The van der Waals surface area contributed by atoms with Crippen LogP contribution in [-0.2, 0) is 22.3 Å². The van der Waals surface area contributed by atoms with Crippen LogP contribution in [0.15, 0.2) is 36.4 Å². The molecular weight excluding hydrogens is 343 g/mol. The third-order valence-electron chi connectivity index (χ3n) is 3.20. The Balaban J connectivity index is 1.73. The lowest BCUT2D eigenvalue weighted by Gasteiger charge is -2.20. The molecule has 6 heteroatoms. The molecule has 0 aliphatic carbocycles. The fraction of sp³-hybridized carbons (Fsp3) is 0.250. The summed E-state index contributed by atoms with van der Waals surface area (Å²) >= 11 is 12.1. The number of ether oxygens (including phenoxy) is 2. The van der Waals surface area contributed by atoms with E-state index in [1.54, 1.807) is 12.1 Å². The molecule has 3 rings (SSSR count). The zero-order valence-electron chi connectivity index (χ0n) is 11.7. The summed E-state index contributed by atoms with van der Waals surface area (Å²) < 4.78 is 23.3. The van der Waals surface area contributed by atoms with Crippen LogP contribution in [0.25, 0.3) is 0 Å². The summed E-state index contributed by atoms with van der Waals surface area (Å²) in [5.74, 6) is 2.04. The van der Waals surface area contributed by atoms with Crippen LogP contribution in [0.3, 0.4) is 0 Å². The normalized spacial score (nSPS) is 14.6. The molecule has 0 saturated carbocycles. The number of rotatable bonds is 4. The van der Waals surface area contributed by atoms with Crippen molar-refractivity contribution in [3.8, 4) is 11.5 Å². The highest BCUT2D eigenvalue weighted by Gasteiger charge is 2.17. The summed E-state index contributed by atoms with van der Waals surface area (Å²) in [6.45, 7) is 0.991. The summed E-state index contributed by atoms with van der Waals surface area (Å²) in [6, 6.07) is 11.0. The van der Waals surface area contributed by atoms with Crippen molar-refractivity contribution in [1.29, 1.82) is 0 Å². The fourth-order valence-electron chi connectivity index (χ4n) is 2.30. The summed E-state index contributed by atoms with van der Waals surface area (Å²) in [6.07, 6.45) is 0. The van der Waals surface area contributed by atoms with Gasteiger partial charge in [0.2, 0.25) is 0 Å². The van der Waals surface area contributed by atoms with E-state index < -0.39 is 10.8 Å². The molecule has 1 atom stereocenters. The Kier molecular flexibility index (Phi) is 4.91. The monoisotopic (exact) mass is 356 g/mol.